The van der Waals surface area contributed by atoms with Gasteiger partial charge in [-0.3, -0.25) is 10.1 Å². The molecule has 1 aromatic heterocycles. The third-order valence-electron chi connectivity index (χ3n) is 4.26. The number of nitrogens with zero attached hydrogens (tertiary/aromatic N) is 3. The lowest BCUT2D eigenvalue weighted by atomic mass is 10.2. The normalized spacial score (nSPS) is 12.3. The second-order valence-electron chi connectivity index (χ2n) is 6.24. The molecule has 0 radical (unpaired) electrons. The van der Waals surface area contributed by atoms with Crippen LogP contribution in [-0.4, -0.2) is 28.1 Å². The van der Waals surface area contributed by atoms with Gasteiger partial charge in [0.2, 0.25) is 11.6 Å². The molecule has 9 nitrogen and oxygen atoms in total. The maximum atomic E-state index is 11.8. The smallest absolute Gasteiger partial charge is 0.353 e. The molecule has 0 atom stereocenters. The molecule has 0 unspecified atom stereocenters. The highest BCUT2D eigenvalue weighted by Gasteiger charge is 2.24. The van der Waals surface area contributed by atoms with Gasteiger partial charge in [-0.1, -0.05) is 17.7 Å². The first-order valence-corrected chi connectivity index (χ1v) is 9.08. The van der Waals surface area contributed by atoms with Crippen LogP contribution in [0, 0.1) is 17.0 Å². The molecule has 3 aromatic rings. The van der Waals surface area contributed by atoms with Gasteiger partial charge in [0, 0.05) is 22.5 Å². The third-order valence-corrected chi connectivity index (χ3v) is 4.50. The number of fused-ring (bicyclic) bond motifs is 1. The standard InChI is InChI=1S/C19H16ClN5O4/c1-11-2-3-12(20)8-14(11)24-19-17(25(26)27)18(21-10-22-19)23-13-4-5-15-16(9-13)29-7-6-28-15/h2-5,8-10H,6-7H2,1H3,(H2,21,22,23,24). The van der Waals surface area contributed by atoms with Crippen LogP contribution >= 0.6 is 11.6 Å². The van der Waals surface area contributed by atoms with Gasteiger partial charge in [0.05, 0.1) is 4.92 Å². The first kappa shape index (κ1) is 18.8. The van der Waals surface area contributed by atoms with Crippen molar-refractivity contribution in [3.8, 4) is 11.5 Å². The topological polar surface area (TPSA) is 111 Å². The summed E-state index contributed by atoms with van der Waals surface area (Å²) in [5.41, 5.74) is 1.76. The van der Waals surface area contributed by atoms with Crippen LogP contribution in [0.3, 0.4) is 0 Å². The van der Waals surface area contributed by atoms with E-state index in [-0.39, 0.29) is 17.3 Å². The fraction of sp³-hybridized carbons (Fsp3) is 0.158. The molecule has 0 spiro atoms. The van der Waals surface area contributed by atoms with Crippen LogP contribution in [0.5, 0.6) is 11.5 Å². The van der Waals surface area contributed by atoms with Crippen molar-refractivity contribution in [2.75, 3.05) is 23.8 Å². The van der Waals surface area contributed by atoms with E-state index >= 15 is 0 Å². The van der Waals surface area contributed by atoms with Gasteiger partial charge in [-0.2, -0.15) is 0 Å². The number of anilines is 4. The molecule has 0 saturated carbocycles. The van der Waals surface area contributed by atoms with E-state index in [1.165, 1.54) is 6.33 Å². The number of rotatable bonds is 5. The van der Waals surface area contributed by atoms with Gasteiger partial charge >= 0.3 is 5.69 Å². The lowest BCUT2D eigenvalue weighted by Crippen LogP contribution is -2.15. The summed E-state index contributed by atoms with van der Waals surface area (Å²) in [5, 5.41) is 18.2. The Morgan fingerprint density at radius 1 is 1.03 bits per heavy atom. The van der Waals surface area contributed by atoms with E-state index in [1.54, 1.807) is 30.3 Å². The largest absolute Gasteiger partial charge is 0.486 e. The highest BCUT2D eigenvalue weighted by atomic mass is 35.5. The Hall–Kier alpha value is -3.59. The minimum atomic E-state index is -0.539. The van der Waals surface area contributed by atoms with Gasteiger partial charge in [0.15, 0.2) is 11.5 Å². The summed E-state index contributed by atoms with van der Waals surface area (Å²) < 4.78 is 11.0. The number of hydrogen-bond acceptors (Lipinski definition) is 8. The second kappa shape index (κ2) is 7.80. The van der Waals surface area contributed by atoms with Gasteiger partial charge in [-0.05, 0) is 36.8 Å². The Morgan fingerprint density at radius 3 is 2.52 bits per heavy atom. The Morgan fingerprint density at radius 2 is 1.76 bits per heavy atom. The number of benzene rings is 2. The lowest BCUT2D eigenvalue weighted by molar-refractivity contribution is -0.383. The van der Waals surface area contributed by atoms with Crippen LogP contribution in [0.15, 0.2) is 42.7 Å². The molecule has 10 heteroatoms. The lowest BCUT2D eigenvalue weighted by Gasteiger charge is -2.19. The average Bonchev–Trinajstić information content (AvgIpc) is 2.70. The second-order valence-corrected chi connectivity index (χ2v) is 6.68. The van der Waals surface area contributed by atoms with Crippen LogP contribution in [0.4, 0.5) is 28.7 Å². The molecule has 0 bridgehead atoms. The molecular formula is C19H16ClN5O4. The van der Waals surface area contributed by atoms with Crippen molar-refractivity contribution >= 4 is 40.3 Å². The highest BCUT2D eigenvalue weighted by Crippen LogP contribution is 2.37. The minimum absolute atomic E-state index is 0.0452. The van der Waals surface area contributed by atoms with E-state index < -0.39 is 4.92 Å². The van der Waals surface area contributed by atoms with Crippen molar-refractivity contribution in [3.63, 3.8) is 0 Å². The van der Waals surface area contributed by atoms with Gasteiger partial charge in [0.25, 0.3) is 0 Å². The SMILES string of the molecule is Cc1ccc(Cl)cc1Nc1ncnc(Nc2ccc3c(c2)OCCO3)c1[N+](=O)[O-]. The molecular weight excluding hydrogens is 398 g/mol. The number of aromatic nitrogens is 2. The van der Waals surface area contributed by atoms with E-state index in [1.807, 2.05) is 13.0 Å². The van der Waals surface area contributed by atoms with Crippen LogP contribution < -0.4 is 20.1 Å². The van der Waals surface area contributed by atoms with Gasteiger partial charge in [0.1, 0.15) is 19.5 Å². The van der Waals surface area contributed by atoms with Crippen molar-refractivity contribution in [2.24, 2.45) is 0 Å². The summed E-state index contributed by atoms with van der Waals surface area (Å²) in [6.45, 7) is 2.78. The number of nitrogens with one attached hydrogen (secondary N) is 2. The number of hydrogen-bond donors (Lipinski definition) is 2. The number of nitro groups is 1. The van der Waals surface area contributed by atoms with Crippen molar-refractivity contribution in [3.05, 3.63) is 63.4 Å². The molecule has 2 heterocycles. The first-order valence-electron chi connectivity index (χ1n) is 8.70. The Balaban J connectivity index is 1.68. The van der Waals surface area contributed by atoms with Crippen molar-refractivity contribution in [1.29, 1.82) is 0 Å². The average molecular weight is 414 g/mol. The summed E-state index contributed by atoms with van der Waals surface area (Å²) in [6.07, 6.45) is 1.25. The predicted molar refractivity (Wildman–Crippen MR) is 109 cm³/mol. The summed E-state index contributed by atoms with van der Waals surface area (Å²) in [4.78, 5) is 19.3. The molecule has 29 heavy (non-hydrogen) atoms. The summed E-state index contributed by atoms with van der Waals surface area (Å²) in [6, 6.07) is 10.4. The van der Waals surface area contributed by atoms with Crippen molar-refractivity contribution in [1.82, 2.24) is 9.97 Å². The zero-order valence-electron chi connectivity index (χ0n) is 15.3. The van der Waals surface area contributed by atoms with Gasteiger partial charge in [-0.15, -0.1) is 0 Å². The molecule has 1 aliphatic heterocycles. The van der Waals surface area contributed by atoms with E-state index in [2.05, 4.69) is 20.6 Å². The summed E-state index contributed by atoms with van der Waals surface area (Å²) in [5.74, 6) is 1.28. The fourth-order valence-corrected chi connectivity index (χ4v) is 3.02. The van der Waals surface area contributed by atoms with Crippen LogP contribution in [0.2, 0.25) is 5.02 Å². The van der Waals surface area contributed by atoms with Gasteiger partial charge < -0.3 is 20.1 Å². The van der Waals surface area contributed by atoms with Crippen LogP contribution in [-0.2, 0) is 0 Å². The molecule has 2 aromatic carbocycles. The number of ether oxygens (including phenoxy) is 2. The van der Waals surface area contributed by atoms with E-state index in [0.29, 0.717) is 41.1 Å². The van der Waals surface area contributed by atoms with Crippen molar-refractivity contribution in [2.45, 2.75) is 6.92 Å². The van der Waals surface area contributed by atoms with E-state index in [4.69, 9.17) is 21.1 Å². The monoisotopic (exact) mass is 413 g/mol. The molecule has 148 valence electrons. The molecule has 1 aliphatic rings. The number of aryl methyl sites for hydroxylation is 1. The highest BCUT2D eigenvalue weighted by molar-refractivity contribution is 6.30. The molecule has 4 rings (SSSR count). The molecule has 0 fully saturated rings. The predicted octanol–water partition coefficient (Wildman–Crippen LogP) is 4.61. The minimum Gasteiger partial charge on any atom is -0.486 e. The molecule has 0 saturated heterocycles. The molecule has 0 aliphatic carbocycles. The fourth-order valence-electron chi connectivity index (χ4n) is 2.85. The molecule has 0 amide bonds. The summed E-state index contributed by atoms with van der Waals surface area (Å²) in [7, 11) is 0. The Kier molecular flexibility index (Phi) is 5.05. The number of halogens is 1. The zero-order chi connectivity index (χ0) is 20.4. The van der Waals surface area contributed by atoms with Crippen LogP contribution in [0.1, 0.15) is 5.56 Å². The molecule has 2 N–H and O–H groups in total. The Bertz CT molecular complexity index is 1090. The van der Waals surface area contributed by atoms with E-state index in [9.17, 15) is 10.1 Å². The first-order chi connectivity index (χ1) is 14.0. The van der Waals surface area contributed by atoms with Crippen LogP contribution in [0.25, 0.3) is 0 Å². The maximum Gasteiger partial charge on any atom is 0.353 e. The maximum absolute atomic E-state index is 11.8. The quantitative estimate of drug-likeness (QED) is 0.461. The summed E-state index contributed by atoms with van der Waals surface area (Å²) >= 11 is 6.04. The third kappa shape index (κ3) is 3.99. The van der Waals surface area contributed by atoms with E-state index in [0.717, 1.165) is 5.56 Å². The van der Waals surface area contributed by atoms with Crippen molar-refractivity contribution < 1.29 is 14.4 Å². The van der Waals surface area contributed by atoms with Gasteiger partial charge in [-0.25, -0.2) is 9.97 Å². The Labute approximate surface area is 170 Å². The zero-order valence-corrected chi connectivity index (χ0v) is 16.1.